The maximum absolute atomic E-state index is 12.5. The molecule has 1 aromatic rings. The third kappa shape index (κ3) is 4.43. The van der Waals surface area contributed by atoms with Crippen LogP contribution in [0.4, 0.5) is 13.2 Å². The fraction of sp³-hybridized carbons (Fsp3) is 0.600. The zero-order chi connectivity index (χ0) is 15.5. The van der Waals surface area contributed by atoms with Crippen LogP contribution in [0.25, 0.3) is 0 Å². The first-order valence-corrected chi connectivity index (χ1v) is 7.19. The molecule has 1 saturated carbocycles. The lowest BCUT2D eigenvalue weighted by Crippen LogP contribution is -2.47. The molecule has 1 fully saturated rings. The molecule has 3 N–H and O–H groups in total. The quantitative estimate of drug-likeness (QED) is 0.601. The van der Waals surface area contributed by atoms with Gasteiger partial charge in [0.2, 0.25) is 0 Å². The van der Waals surface area contributed by atoms with E-state index < -0.39 is 11.7 Å². The van der Waals surface area contributed by atoms with Crippen molar-refractivity contribution in [2.24, 2.45) is 11.8 Å². The van der Waals surface area contributed by atoms with Crippen molar-refractivity contribution in [2.75, 3.05) is 6.61 Å². The van der Waals surface area contributed by atoms with Gasteiger partial charge in [0.25, 0.3) is 0 Å². The van der Waals surface area contributed by atoms with E-state index in [-0.39, 0.29) is 12.1 Å². The molecular formula is C15H21F3N2O. The molecule has 1 aliphatic rings. The first kappa shape index (κ1) is 16.3. The zero-order valence-electron chi connectivity index (χ0n) is 12.0. The van der Waals surface area contributed by atoms with Gasteiger partial charge in [0.05, 0.1) is 17.7 Å². The highest BCUT2D eigenvalue weighted by atomic mass is 19.4. The van der Waals surface area contributed by atoms with E-state index in [1.807, 2.05) is 6.92 Å². The van der Waals surface area contributed by atoms with Crippen LogP contribution >= 0.6 is 0 Å². The summed E-state index contributed by atoms with van der Waals surface area (Å²) in [5.74, 6) is 6.11. The van der Waals surface area contributed by atoms with E-state index >= 15 is 0 Å². The molecule has 2 rings (SSSR count). The minimum absolute atomic E-state index is 0.0160. The average Bonchev–Trinajstić information content (AvgIpc) is 3.26. The summed E-state index contributed by atoms with van der Waals surface area (Å²) < 4.78 is 43.4. The highest BCUT2D eigenvalue weighted by molar-refractivity contribution is 5.25. The molecule has 1 aromatic carbocycles. The summed E-state index contributed by atoms with van der Waals surface area (Å²) in [4.78, 5) is 0. The number of rotatable bonds is 7. The highest BCUT2D eigenvalue weighted by Crippen LogP contribution is 2.36. The number of ether oxygens (including phenoxy) is 1. The minimum atomic E-state index is -4.30. The van der Waals surface area contributed by atoms with E-state index in [1.165, 1.54) is 12.1 Å². The molecule has 0 radical (unpaired) electrons. The molecule has 0 bridgehead atoms. The molecule has 0 heterocycles. The van der Waals surface area contributed by atoms with E-state index in [1.54, 1.807) is 0 Å². The van der Waals surface area contributed by atoms with Gasteiger partial charge in [-0.1, -0.05) is 12.1 Å². The van der Waals surface area contributed by atoms with Gasteiger partial charge < -0.3 is 4.74 Å². The van der Waals surface area contributed by atoms with E-state index in [9.17, 15) is 13.2 Å². The molecular weight excluding hydrogens is 281 g/mol. The molecule has 0 aliphatic heterocycles. The van der Waals surface area contributed by atoms with Crippen LogP contribution in [0.15, 0.2) is 24.3 Å². The van der Waals surface area contributed by atoms with Gasteiger partial charge in [-0.3, -0.25) is 11.3 Å². The first-order chi connectivity index (χ1) is 9.95. The Labute approximate surface area is 122 Å². The van der Waals surface area contributed by atoms with Crippen molar-refractivity contribution in [1.29, 1.82) is 0 Å². The average molecular weight is 302 g/mol. The Bertz CT molecular complexity index is 443. The largest absolute Gasteiger partial charge is 0.416 e. The predicted octanol–water partition coefficient (Wildman–Crippen LogP) is 2.89. The Morgan fingerprint density at radius 3 is 2.33 bits per heavy atom. The van der Waals surface area contributed by atoms with Crippen molar-refractivity contribution >= 4 is 0 Å². The Morgan fingerprint density at radius 1 is 1.29 bits per heavy atom. The monoisotopic (exact) mass is 302 g/mol. The summed E-state index contributed by atoms with van der Waals surface area (Å²) in [7, 11) is 0. The summed E-state index contributed by atoms with van der Waals surface area (Å²) >= 11 is 0. The Morgan fingerprint density at radius 2 is 1.90 bits per heavy atom. The van der Waals surface area contributed by atoms with Gasteiger partial charge in [-0.05, 0) is 49.8 Å². The van der Waals surface area contributed by atoms with Crippen molar-refractivity contribution < 1.29 is 17.9 Å². The molecule has 6 heteroatoms. The second-order valence-corrected chi connectivity index (χ2v) is 5.43. The Balaban J connectivity index is 2.03. The van der Waals surface area contributed by atoms with Gasteiger partial charge >= 0.3 is 6.18 Å². The summed E-state index contributed by atoms with van der Waals surface area (Å²) in [6, 6.07) is 5.13. The van der Waals surface area contributed by atoms with Crippen LogP contribution in [0, 0.1) is 5.92 Å². The van der Waals surface area contributed by atoms with Crippen LogP contribution in [-0.4, -0.2) is 18.8 Å². The second kappa shape index (κ2) is 6.77. The fourth-order valence-electron chi connectivity index (χ4n) is 2.55. The standard InChI is InChI=1S/C15H21F3N2O/c1-2-21-14(11-5-6-11)13(20-19)9-10-3-7-12(8-4-10)15(16,17)18/h3-4,7-8,11,13-14,20H,2,5-6,9,19H2,1H3. The molecule has 2 atom stereocenters. The predicted molar refractivity (Wildman–Crippen MR) is 74.4 cm³/mol. The molecule has 21 heavy (non-hydrogen) atoms. The SMILES string of the molecule is CCOC(C1CC1)C(Cc1ccc(C(F)(F)F)cc1)NN. The van der Waals surface area contributed by atoms with E-state index in [2.05, 4.69) is 5.43 Å². The topological polar surface area (TPSA) is 47.3 Å². The summed E-state index contributed by atoms with van der Waals surface area (Å²) in [6.07, 6.45) is -1.49. The lowest BCUT2D eigenvalue weighted by atomic mass is 9.98. The number of nitrogens with two attached hydrogens (primary N) is 1. The number of nitrogens with one attached hydrogen (secondary N) is 1. The van der Waals surface area contributed by atoms with E-state index in [0.29, 0.717) is 18.9 Å². The fourth-order valence-corrected chi connectivity index (χ4v) is 2.55. The van der Waals surface area contributed by atoms with Crippen LogP contribution in [0.3, 0.4) is 0 Å². The second-order valence-electron chi connectivity index (χ2n) is 5.43. The molecule has 0 saturated heterocycles. The van der Waals surface area contributed by atoms with Gasteiger partial charge in [-0.15, -0.1) is 0 Å². The van der Waals surface area contributed by atoms with Crippen molar-refractivity contribution in [1.82, 2.24) is 5.43 Å². The van der Waals surface area contributed by atoms with Gasteiger partial charge in [-0.25, -0.2) is 0 Å². The first-order valence-electron chi connectivity index (χ1n) is 7.19. The Hall–Kier alpha value is -1.11. The normalized spacial score (nSPS) is 18.5. The number of alkyl halides is 3. The summed E-state index contributed by atoms with van der Waals surface area (Å²) in [5, 5.41) is 0. The number of hydrogen-bond acceptors (Lipinski definition) is 3. The molecule has 0 aromatic heterocycles. The van der Waals surface area contributed by atoms with Gasteiger partial charge in [0.1, 0.15) is 0 Å². The van der Waals surface area contributed by atoms with Crippen molar-refractivity contribution in [2.45, 2.75) is 44.5 Å². The van der Waals surface area contributed by atoms with Crippen molar-refractivity contribution in [3.05, 3.63) is 35.4 Å². The number of hydrogen-bond donors (Lipinski definition) is 2. The van der Waals surface area contributed by atoms with Crippen molar-refractivity contribution in [3.63, 3.8) is 0 Å². The Kier molecular flexibility index (Phi) is 5.24. The molecule has 0 spiro atoms. The maximum atomic E-state index is 12.5. The lowest BCUT2D eigenvalue weighted by molar-refractivity contribution is -0.137. The number of hydrazine groups is 1. The van der Waals surface area contributed by atoms with Crippen LogP contribution in [-0.2, 0) is 17.3 Å². The van der Waals surface area contributed by atoms with Crippen LogP contribution < -0.4 is 11.3 Å². The van der Waals surface area contributed by atoms with E-state index in [0.717, 1.165) is 30.5 Å². The molecule has 2 unspecified atom stereocenters. The molecule has 1 aliphatic carbocycles. The minimum Gasteiger partial charge on any atom is -0.377 e. The van der Waals surface area contributed by atoms with Gasteiger partial charge in [0, 0.05) is 6.61 Å². The maximum Gasteiger partial charge on any atom is 0.416 e. The molecule has 3 nitrogen and oxygen atoms in total. The van der Waals surface area contributed by atoms with Gasteiger partial charge in [0.15, 0.2) is 0 Å². The van der Waals surface area contributed by atoms with Gasteiger partial charge in [-0.2, -0.15) is 13.2 Å². The molecule has 118 valence electrons. The highest BCUT2D eigenvalue weighted by Gasteiger charge is 2.37. The van der Waals surface area contributed by atoms with E-state index in [4.69, 9.17) is 10.6 Å². The summed E-state index contributed by atoms with van der Waals surface area (Å²) in [6.45, 7) is 2.54. The zero-order valence-corrected chi connectivity index (χ0v) is 12.0. The third-order valence-electron chi connectivity index (χ3n) is 3.79. The van der Waals surface area contributed by atoms with Crippen LogP contribution in [0.5, 0.6) is 0 Å². The molecule has 0 amide bonds. The lowest BCUT2D eigenvalue weighted by Gasteiger charge is -2.26. The summed E-state index contributed by atoms with van der Waals surface area (Å²) in [5.41, 5.74) is 2.94. The number of benzene rings is 1. The van der Waals surface area contributed by atoms with Crippen LogP contribution in [0.2, 0.25) is 0 Å². The number of halogens is 3. The van der Waals surface area contributed by atoms with Crippen molar-refractivity contribution in [3.8, 4) is 0 Å². The third-order valence-corrected chi connectivity index (χ3v) is 3.79. The van der Waals surface area contributed by atoms with Crippen LogP contribution in [0.1, 0.15) is 30.9 Å². The smallest absolute Gasteiger partial charge is 0.377 e.